The zero-order valence-corrected chi connectivity index (χ0v) is 18.5. The van der Waals surface area contributed by atoms with Gasteiger partial charge in [0.05, 0.1) is 6.42 Å². The molecule has 0 bridgehead atoms. The molecule has 3 aromatic rings. The van der Waals surface area contributed by atoms with Crippen LogP contribution >= 0.6 is 0 Å². The predicted octanol–water partition coefficient (Wildman–Crippen LogP) is 3.90. The minimum absolute atomic E-state index is 0.0832. The smallest absolute Gasteiger partial charge is 0.330 e. The molecule has 1 aromatic carbocycles. The molecule has 1 saturated carbocycles. The number of carboxylic acid groups (broad SMARTS) is 1. The van der Waals surface area contributed by atoms with Gasteiger partial charge in [0, 0.05) is 25.0 Å². The van der Waals surface area contributed by atoms with Crippen LogP contribution in [0, 0.1) is 6.92 Å². The predicted molar refractivity (Wildman–Crippen MR) is 121 cm³/mol. The van der Waals surface area contributed by atoms with Crippen molar-refractivity contribution in [3.8, 4) is 0 Å². The summed E-state index contributed by atoms with van der Waals surface area (Å²) in [6.07, 6.45) is 5.16. The molecular formula is C24H28N4O4. The maximum Gasteiger partial charge on any atom is 0.330 e. The van der Waals surface area contributed by atoms with Gasteiger partial charge in [-0.1, -0.05) is 25.0 Å². The third-order valence-electron chi connectivity index (χ3n) is 7.17. The van der Waals surface area contributed by atoms with Crippen molar-refractivity contribution >= 4 is 39.8 Å². The number of aryl methyl sites for hydroxylation is 1. The van der Waals surface area contributed by atoms with Crippen LogP contribution in [0.5, 0.6) is 0 Å². The van der Waals surface area contributed by atoms with Crippen molar-refractivity contribution in [1.29, 1.82) is 0 Å². The summed E-state index contributed by atoms with van der Waals surface area (Å²) >= 11 is 0. The lowest BCUT2D eigenvalue weighted by molar-refractivity contribution is -0.147. The van der Waals surface area contributed by atoms with E-state index in [2.05, 4.69) is 9.97 Å². The molecule has 168 valence electrons. The fourth-order valence-corrected chi connectivity index (χ4v) is 5.41. The first-order valence-corrected chi connectivity index (χ1v) is 11.3. The number of rotatable bonds is 5. The number of amides is 1. The number of aromatic nitrogens is 2. The number of carbonyl (C=O) groups excluding carboxylic acids is 1. The van der Waals surface area contributed by atoms with Crippen molar-refractivity contribution in [3.05, 3.63) is 30.1 Å². The lowest BCUT2D eigenvalue weighted by Crippen LogP contribution is -2.54. The Morgan fingerprint density at radius 1 is 1.22 bits per heavy atom. The Morgan fingerprint density at radius 3 is 2.72 bits per heavy atom. The van der Waals surface area contributed by atoms with E-state index in [0.29, 0.717) is 47.7 Å². The van der Waals surface area contributed by atoms with E-state index in [0.717, 1.165) is 31.1 Å². The van der Waals surface area contributed by atoms with E-state index < -0.39 is 11.5 Å². The van der Waals surface area contributed by atoms with Gasteiger partial charge in [0.25, 0.3) is 0 Å². The topological polar surface area (TPSA) is 99.8 Å². The molecule has 5 rings (SSSR count). The van der Waals surface area contributed by atoms with E-state index in [1.807, 2.05) is 24.3 Å². The highest BCUT2D eigenvalue weighted by Gasteiger charge is 2.51. The number of hydrogen-bond donors (Lipinski definition) is 1. The average molecular weight is 437 g/mol. The van der Waals surface area contributed by atoms with Gasteiger partial charge in [-0.3, -0.25) is 4.79 Å². The Bertz CT molecular complexity index is 1200. The van der Waals surface area contributed by atoms with Gasteiger partial charge in [-0.2, -0.15) is 0 Å². The maximum absolute atomic E-state index is 13.2. The molecule has 1 aliphatic carbocycles. The number of benzene rings is 1. The second-order valence-electron chi connectivity index (χ2n) is 9.08. The Morgan fingerprint density at radius 2 is 1.97 bits per heavy atom. The second kappa shape index (κ2) is 7.76. The number of carbonyl (C=O) groups is 2. The normalized spacial score (nSPS) is 21.6. The molecule has 1 atom stereocenters. The molecule has 1 amide bonds. The number of anilines is 1. The first-order valence-electron chi connectivity index (χ1n) is 11.3. The molecule has 0 radical (unpaired) electrons. The Balaban J connectivity index is 1.58. The van der Waals surface area contributed by atoms with Crippen molar-refractivity contribution in [1.82, 2.24) is 14.9 Å². The minimum atomic E-state index is -1.35. The molecule has 1 aliphatic heterocycles. The molecule has 1 unspecified atom stereocenters. The van der Waals surface area contributed by atoms with Crippen LogP contribution in [-0.4, -0.2) is 57.0 Å². The number of nitrogens with zero attached hydrogens (tertiary/aromatic N) is 4. The summed E-state index contributed by atoms with van der Waals surface area (Å²) in [6, 6.07) is 7.81. The molecule has 32 heavy (non-hydrogen) atoms. The summed E-state index contributed by atoms with van der Waals surface area (Å²) in [4.78, 5) is 38.6. The molecule has 8 heteroatoms. The van der Waals surface area contributed by atoms with Crippen LogP contribution in [0.15, 0.2) is 28.7 Å². The van der Waals surface area contributed by atoms with Gasteiger partial charge in [0.1, 0.15) is 22.5 Å². The Labute approximate surface area is 186 Å². The third kappa shape index (κ3) is 3.20. The lowest BCUT2D eigenvalue weighted by Gasteiger charge is -2.37. The van der Waals surface area contributed by atoms with Gasteiger partial charge in [-0.05, 0) is 44.7 Å². The molecule has 1 saturated heterocycles. The van der Waals surface area contributed by atoms with E-state index in [1.165, 1.54) is 0 Å². The van der Waals surface area contributed by atoms with E-state index in [-0.39, 0.29) is 18.4 Å². The van der Waals surface area contributed by atoms with Crippen LogP contribution in [0.1, 0.15) is 50.8 Å². The number of aliphatic carboxylic acids is 1. The molecule has 2 aliphatic rings. The van der Waals surface area contributed by atoms with Crippen molar-refractivity contribution in [2.45, 2.75) is 63.5 Å². The highest BCUT2D eigenvalue weighted by atomic mass is 16.4. The zero-order chi connectivity index (χ0) is 22.5. The van der Waals surface area contributed by atoms with Crippen LogP contribution in [0.4, 0.5) is 5.82 Å². The average Bonchev–Trinajstić information content (AvgIpc) is 3.51. The lowest BCUT2D eigenvalue weighted by atomic mass is 9.90. The van der Waals surface area contributed by atoms with Crippen LogP contribution < -0.4 is 4.90 Å². The number of fused-ring (bicyclic) bond motifs is 3. The highest BCUT2D eigenvalue weighted by Crippen LogP contribution is 2.41. The minimum Gasteiger partial charge on any atom is -0.479 e. The van der Waals surface area contributed by atoms with Gasteiger partial charge in [0.15, 0.2) is 11.4 Å². The quantitative estimate of drug-likeness (QED) is 0.647. The molecule has 2 fully saturated rings. The second-order valence-corrected chi connectivity index (χ2v) is 9.08. The molecule has 8 nitrogen and oxygen atoms in total. The van der Waals surface area contributed by atoms with E-state index >= 15 is 0 Å². The van der Waals surface area contributed by atoms with E-state index in [4.69, 9.17) is 4.42 Å². The molecular weight excluding hydrogens is 408 g/mol. The van der Waals surface area contributed by atoms with Gasteiger partial charge >= 0.3 is 5.97 Å². The first kappa shape index (κ1) is 20.7. The van der Waals surface area contributed by atoms with E-state index in [1.54, 1.807) is 23.8 Å². The first-order chi connectivity index (χ1) is 15.4. The van der Waals surface area contributed by atoms with Crippen LogP contribution in [0.2, 0.25) is 0 Å². The van der Waals surface area contributed by atoms with Crippen molar-refractivity contribution in [3.63, 3.8) is 0 Å². The summed E-state index contributed by atoms with van der Waals surface area (Å²) in [5.74, 6) is -0.124. The van der Waals surface area contributed by atoms with Crippen LogP contribution in [0.25, 0.3) is 22.1 Å². The van der Waals surface area contributed by atoms with Crippen molar-refractivity contribution in [2.24, 2.45) is 0 Å². The van der Waals surface area contributed by atoms with Crippen molar-refractivity contribution in [2.75, 3.05) is 18.5 Å². The van der Waals surface area contributed by atoms with Gasteiger partial charge in [-0.15, -0.1) is 0 Å². The molecule has 0 spiro atoms. The number of hydrogen-bond acceptors (Lipinski definition) is 6. The number of carboxylic acids is 1. The zero-order valence-electron chi connectivity index (χ0n) is 18.5. The SMILES string of the molecule is Cc1nc(N2CCCC2(CC(=O)N(C)C2CCCC2)C(=O)O)c2oc3ccccc3c2n1. The number of furan rings is 1. The monoisotopic (exact) mass is 436 g/mol. The fourth-order valence-electron chi connectivity index (χ4n) is 5.41. The van der Waals surface area contributed by atoms with Gasteiger partial charge < -0.3 is 19.3 Å². The summed E-state index contributed by atoms with van der Waals surface area (Å²) in [5.41, 5.74) is 0.474. The van der Waals surface area contributed by atoms with E-state index in [9.17, 15) is 14.7 Å². The third-order valence-corrected chi connectivity index (χ3v) is 7.17. The molecule has 3 heterocycles. The number of para-hydroxylation sites is 1. The molecule has 2 aromatic heterocycles. The summed E-state index contributed by atoms with van der Waals surface area (Å²) < 4.78 is 6.10. The highest BCUT2D eigenvalue weighted by molar-refractivity contribution is 6.06. The summed E-state index contributed by atoms with van der Waals surface area (Å²) in [6.45, 7) is 2.29. The summed E-state index contributed by atoms with van der Waals surface area (Å²) in [5, 5.41) is 11.3. The standard InChI is InChI=1S/C24H28N4O4/c1-15-25-20-17-10-5-6-11-18(17)32-21(20)22(26-15)28-13-7-12-24(28,23(30)31)14-19(29)27(2)16-8-3-4-9-16/h5-6,10-11,16H,3-4,7-9,12-14H2,1-2H3,(H,30,31). The Kier molecular flexibility index (Phi) is 5.03. The largest absolute Gasteiger partial charge is 0.479 e. The molecule has 1 N–H and O–H groups in total. The fraction of sp³-hybridized carbons (Fsp3) is 0.500. The maximum atomic E-state index is 13.2. The van der Waals surface area contributed by atoms with Gasteiger partial charge in [0.2, 0.25) is 5.91 Å². The summed E-state index contributed by atoms with van der Waals surface area (Å²) in [7, 11) is 1.81. The van der Waals surface area contributed by atoms with Crippen molar-refractivity contribution < 1.29 is 19.1 Å². The van der Waals surface area contributed by atoms with Crippen LogP contribution in [-0.2, 0) is 9.59 Å². The van der Waals surface area contributed by atoms with Crippen LogP contribution in [0.3, 0.4) is 0 Å². The van der Waals surface area contributed by atoms with Gasteiger partial charge in [-0.25, -0.2) is 14.8 Å². The Hall–Kier alpha value is -3.16.